The molecule has 1 unspecified atom stereocenters. The van der Waals surface area contributed by atoms with E-state index in [0.717, 1.165) is 12.3 Å². The summed E-state index contributed by atoms with van der Waals surface area (Å²) in [6.45, 7) is 0. The number of fused-ring (bicyclic) bond motifs is 1. The number of hydrogen-bond donors (Lipinski definition) is 1. The largest absolute Gasteiger partial charge is 0.324 e. The molecule has 1 fully saturated rings. The van der Waals surface area contributed by atoms with Crippen LogP contribution in [0.25, 0.3) is 0 Å². The van der Waals surface area contributed by atoms with Crippen LogP contribution in [0, 0.1) is 0 Å². The Morgan fingerprint density at radius 3 is 2.62 bits per heavy atom. The minimum absolute atomic E-state index is 0.301. The first-order valence-corrected chi connectivity index (χ1v) is 6.73. The van der Waals surface area contributed by atoms with Crippen molar-refractivity contribution in [2.45, 2.75) is 56.9 Å². The Balaban J connectivity index is 1.86. The highest BCUT2D eigenvalue weighted by Crippen LogP contribution is 2.36. The second kappa shape index (κ2) is 4.21. The van der Waals surface area contributed by atoms with Crippen LogP contribution in [-0.4, -0.2) is 0 Å². The fourth-order valence-corrected chi connectivity index (χ4v) is 3.36. The average Bonchev–Trinajstić information content (AvgIpc) is 2.72. The van der Waals surface area contributed by atoms with E-state index in [1.165, 1.54) is 49.7 Å². The molecule has 0 spiro atoms. The molecular formula is C15H21N. The van der Waals surface area contributed by atoms with Crippen molar-refractivity contribution in [2.75, 3.05) is 0 Å². The fraction of sp³-hybridized carbons (Fsp3) is 0.600. The molecule has 0 aromatic heterocycles. The molecular weight excluding hydrogens is 194 g/mol. The van der Waals surface area contributed by atoms with Gasteiger partial charge >= 0.3 is 0 Å². The van der Waals surface area contributed by atoms with Crippen molar-refractivity contribution in [3.63, 3.8) is 0 Å². The zero-order valence-electron chi connectivity index (χ0n) is 9.91. The van der Waals surface area contributed by atoms with Crippen LogP contribution in [-0.2, 0) is 6.42 Å². The van der Waals surface area contributed by atoms with E-state index in [-0.39, 0.29) is 0 Å². The van der Waals surface area contributed by atoms with Gasteiger partial charge in [0.15, 0.2) is 0 Å². The summed E-state index contributed by atoms with van der Waals surface area (Å²) in [4.78, 5) is 0. The van der Waals surface area contributed by atoms with Gasteiger partial charge in [0.2, 0.25) is 0 Å². The van der Waals surface area contributed by atoms with Crippen molar-refractivity contribution in [3.05, 3.63) is 34.9 Å². The quantitative estimate of drug-likeness (QED) is 0.759. The summed E-state index contributed by atoms with van der Waals surface area (Å²) < 4.78 is 0. The molecule has 0 heterocycles. The van der Waals surface area contributed by atoms with E-state index >= 15 is 0 Å². The lowest BCUT2D eigenvalue weighted by Gasteiger charge is -2.22. The molecule has 1 aromatic carbocycles. The first-order chi connectivity index (χ1) is 7.84. The standard InChI is InChI=1S/C15H21N/c16-15-9-7-13-10-12(6-8-14(13)15)11-4-2-1-3-5-11/h6,8,10-11,15H,1-5,7,9,16H2. The van der Waals surface area contributed by atoms with Gasteiger partial charge in [0.05, 0.1) is 0 Å². The molecule has 0 aliphatic heterocycles. The first kappa shape index (κ1) is 10.3. The van der Waals surface area contributed by atoms with Crippen LogP contribution >= 0.6 is 0 Å². The van der Waals surface area contributed by atoms with E-state index in [0.29, 0.717) is 6.04 Å². The maximum absolute atomic E-state index is 6.07. The van der Waals surface area contributed by atoms with Crippen LogP contribution in [0.1, 0.15) is 67.2 Å². The van der Waals surface area contributed by atoms with Gasteiger partial charge < -0.3 is 5.73 Å². The molecule has 86 valence electrons. The van der Waals surface area contributed by atoms with Gasteiger partial charge in [-0.15, -0.1) is 0 Å². The molecule has 1 atom stereocenters. The molecule has 1 nitrogen and oxygen atoms in total. The third-order valence-corrected chi connectivity index (χ3v) is 4.37. The molecule has 3 rings (SSSR count). The summed E-state index contributed by atoms with van der Waals surface area (Å²) in [7, 11) is 0. The summed E-state index contributed by atoms with van der Waals surface area (Å²) in [5, 5.41) is 0. The van der Waals surface area contributed by atoms with Crippen molar-refractivity contribution in [3.8, 4) is 0 Å². The smallest absolute Gasteiger partial charge is 0.0300 e. The minimum Gasteiger partial charge on any atom is -0.324 e. The predicted octanol–water partition coefficient (Wildman–Crippen LogP) is 3.68. The summed E-state index contributed by atoms with van der Waals surface area (Å²) in [5.41, 5.74) is 10.6. The van der Waals surface area contributed by atoms with Crippen LogP contribution in [0.2, 0.25) is 0 Å². The normalized spacial score (nSPS) is 25.7. The monoisotopic (exact) mass is 215 g/mol. The maximum Gasteiger partial charge on any atom is 0.0300 e. The second-order valence-corrected chi connectivity index (χ2v) is 5.44. The number of nitrogens with two attached hydrogens (primary N) is 1. The second-order valence-electron chi connectivity index (χ2n) is 5.44. The third kappa shape index (κ3) is 1.78. The fourth-order valence-electron chi connectivity index (χ4n) is 3.36. The molecule has 1 aromatic rings. The zero-order chi connectivity index (χ0) is 11.0. The Bertz CT molecular complexity index is 377. The highest BCUT2D eigenvalue weighted by molar-refractivity contribution is 5.39. The first-order valence-electron chi connectivity index (χ1n) is 6.73. The SMILES string of the molecule is NC1CCc2cc(C3CCCCC3)ccc21. The molecule has 0 saturated heterocycles. The Morgan fingerprint density at radius 1 is 1.00 bits per heavy atom. The van der Waals surface area contributed by atoms with Crippen LogP contribution in [0.15, 0.2) is 18.2 Å². The molecule has 0 amide bonds. The Hall–Kier alpha value is -0.820. The molecule has 2 aliphatic rings. The Kier molecular flexibility index (Phi) is 2.72. The van der Waals surface area contributed by atoms with Crippen LogP contribution in [0.3, 0.4) is 0 Å². The topological polar surface area (TPSA) is 26.0 Å². The van der Waals surface area contributed by atoms with Gasteiger partial charge in [0, 0.05) is 6.04 Å². The number of hydrogen-bond acceptors (Lipinski definition) is 1. The van der Waals surface area contributed by atoms with Crippen molar-refractivity contribution < 1.29 is 0 Å². The minimum atomic E-state index is 0.301. The zero-order valence-corrected chi connectivity index (χ0v) is 9.91. The van der Waals surface area contributed by atoms with Crippen molar-refractivity contribution in [1.82, 2.24) is 0 Å². The Labute approximate surface area is 98.0 Å². The summed E-state index contributed by atoms with van der Waals surface area (Å²) in [6, 6.07) is 7.37. The highest BCUT2D eigenvalue weighted by atomic mass is 14.6. The van der Waals surface area contributed by atoms with Crippen molar-refractivity contribution >= 4 is 0 Å². The number of benzene rings is 1. The molecule has 0 radical (unpaired) electrons. The lowest BCUT2D eigenvalue weighted by atomic mass is 9.83. The molecule has 1 heteroatoms. The van der Waals surface area contributed by atoms with E-state index in [4.69, 9.17) is 5.73 Å². The number of rotatable bonds is 1. The van der Waals surface area contributed by atoms with Gasteiger partial charge in [-0.2, -0.15) is 0 Å². The van der Waals surface area contributed by atoms with Crippen LogP contribution in [0.5, 0.6) is 0 Å². The molecule has 16 heavy (non-hydrogen) atoms. The van der Waals surface area contributed by atoms with E-state index in [9.17, 15) is 0 Å². The molecule has 2 aliphatic carbocycles. The van der Waals surface area contributed by atoms with Gasteiger partial charge in [-0.25, -0.2) is 0 Å². The molecule has 1 saturated carbocycles. The van der Waals surface area contributed by atoms with Gasteiger partial charge in [-0.05, 0) is 48.3 Å². The van der Waals surface area contributed by atoms with E-state index in [1.807, 2.05) is 0 Å². The third-order valence-electron chi connectivity index (χ3n) is 4.37. The lowest BCUT2D eigenvalue weighted by Crippen LogP contribution is -2.07. The van der Waals surface area contributed by atoms with Crippen LogP contribution < -0.4 is 5.73 Å². The van der Waals surface area contributed by atoms with E-state index < -0.39 is 0 Å². The summed E-state index contributed by atoms with van der Waals surface area (Å²) in [6.07, 6.45) is 9.39. The van der Waals surface area contributed by atoms with Gasteiger partial charge in [-0.1, -0.05) is 37.5 Å². The van der Waals surface area contributed by atoms with Gasteiger partial charge in [0.1, 0.15) is 0 Å². The summed E-state index contributed by atoms with van der Waals surface area (Å²) in [5.74, 6) is 0.830. The van der Waals surface area contributed by atoms with E-state index in [1.54, 1.807) is 5.56 Å². The number of aryl methyl sites for hydroxylation is 1. The molecule has 0 bridgehead atoms. The average molecular weight is 215 g/mol. The predicted molar refractivity (Wildman–Crippen MR) is 67.5 cm³/mol. The van der Waals surface area contributed by atoms with Gasteiger partial charge in [0.25, 0.3) is 0 Å². The summed E-state index contributed by atoms with van der Waals surface area (Å²) >= 11 is 0. The van der Waals surface area contributed by atoms with Crippen LogP contribution in [0.4, 0.5) is 0 Å². The highest BCUT2D eigenvalue weighted by Gasteiger charge is 2.21. The van der Waals surface area contributed by atoms with Crippen molar-refractivity contribution in [2.24, 2.45) is 5.73 Å². The maximum atomic E-state index is 6.07. The Morgan fingerprint density at radius 2 is 1.81 bits per heavy atom. The molecule has 2 N–H and O–H groups in total. The van der Waals surface area contributed by atoms with Gasteiger partial charge in [-0.3, -0.25) is 0 Å². The van der Waals surface area contributed by atoms with Crippen molar-refractivity contribution in [1.29, 1.82) is 0 Å². The van der Waals surface area contributed by atoms with E-state index in [2.05, 4.69) is 18.2 Å². The lowest BCUT2D eigenvalue weighted by molar-refractivity contribution is 0.443.